The predicted octanol–water partition coefficient (Wildman–Crippen LogP) is -1.62. The van der Waals surface area contributed by atoms with Crippen LogP contribution >= 0.6 is 0 Å². The van der Waals surface area contributed by atoms with Crippen LogP contribution in [0.25, 0.3) is 0 Å². The van der Waals surface area contributed by atoms with Gasteiger partial charge in [0.15, 0.2) is 0 Å². The molecule has 0 aliphatic heterocycles. The number of hydrogen-bond donors (Lipinski definition) is 0. The molecule has 6 heavy (non-hydrogen) atoms. The van der Waals surface area contributed by atoms with E-state index in [2.05, 4.69) is 35.6 Å². The molecule has 0 saturated carbocycles. The van der Waals surface area contributed by atoms with Gasteiger partial charge < -0.3 is 24.0 Å². The smallest absolute Gasteiger partial charge is 1.00 e. The molecule has 34 valence electrons. The first-order valence-electron chi connectivity index (χ1n) is 2.10. The number of halogens is 1. The Hall–Kier alpha value is 1.50. The summed E-state index contributed by atoms with van der Waals surface area (Å²) >= 11 is 2.05. The summed E-state index contributed by atoms with van der Waals surface area (Å²) in [5.41, 5.74) is 0. The van der Waals surface area contributed by atoms with Gasteiger partial charge in [-0.15, -0.1) is 0 Å². The van der Waals surface area contributed by atoms with Crippen molar-refractivity contribution in [3.63, 3.8) is 0 Å². The molecule has 0 rings (SSSR count). The molecule has 0 aromatic heterocycles. The van der Waals surface area contributed by atoms with Crippen molar-refractivity contribution in [2.24, 2.45) is 0 Å². The van der Waals surface area contributed by atoms with E-state index >= 15 is 0 Å². The van der Waals surface area contributed by atoms with Gasteiger partial charge in [0, 0.05) is 0 Å². The van der Waals surface area contributed by atoms with Gasteiger partial charge in [-0.2, -0.15) is 0 Å². The molecule has 0 saturated heterocycles. The van der Waals surface area contributed by atoms with E-state index < -0.39 is 0 Å². The van der Waals surface area contributed by atoms with Gasteiger partial charge in [-0.05, 0) is 0 Å². The van der Waals surface area contributed by atoms with Crippen LogP contribution in [0.2, 0.25) is 4.05 Å². The summed E-state index contributed by atoms with van der Waals surface area (Å²) in [6.45, 7) is 4.44. The quantitative estimate of drug-likeness (QED) is 0.359. The minimum Gasteiger partial charge on any atom is -1.00 e. The van der Waals surface area contributed by atoms with Crippen molar-refractivity contribution in [1.29, 1.82) is 0 Å². The van der Waals surface area contributed by atoms with Crippen LogP contribution in [0, 0.1) is 0 Å². The van der Waals surface area contributed by atoms with Gasteiger partial charge in [0.1, 0.15) is 0 Å². The molecule has 0 aliphatic carbocycles. The van der Waals surface area contributed by atoms with E-state index in [0.29, 0.717) is 0 Å². The van der Waals surface area contributed by atoms with Crippen LogP contribution in [0.1, 0.15) is 20.3 Å². The van der Waals surface area contributed by atoms with Gasteiger partial charge in [-0.3, -0.25) is 0 Å². The van der Waals surface area contributed by atoms with Gasteiger partial charge in [0.2, 0.25) is 0 Å². The van der Waals surface area contributed by atoms with E-state index in [4.69, 9.17) is 0 Å². The fourth-order valence-electron chi connectivity index (χ4n) is 0. The Morgan fingerprint density at radius 1 is 1.67 bits per heavy atom. The van der Waals surface area contributed by atoms with Gasteiger partial charge in [0.05, 0.1) is 0 Å². The van der Waals surface area contributed by atoms with Crippen LogP contribution in [0.5, 0.6) is 0 Å². The normalized spacial score (nSPS) is 12.7. The van der Waals surface area contributed by atoms with Crippen LogP contribution in [-0.2, 0) is 0 Å². The standard InChI is InChI=1S/C4H9.HI.Mg/c1-3-4-2;;/h3H,4H2,1-2H3;1H;/q;;+1/p-1. The zero-order valence-electron chi connectivity index (χ0n) is 4.37. The maximum absolute atomic E-state index is 2.23. The number of hydrogen-bond acceptors (Lipinski definition) is 0. The fraction of sp³-hybridized carbons (Fsp3) is 1.00. The summed E-state index contributed by atoms with van der Waals surface area (Å²) in [4.78, 5) is 0. The van der Waals surface area contributed by atoms with Gasteiger partial charge >= 0.3 is 46.0 Å². The molecule has 0 spiro atoms. The summed E-state index contributed by atoms with van der Waals surface area (Å²) in [5.74, 6) is 0. The predicted molar refractivity (Wildman–Crippen MR) is 25.5 cm³/mol. The summed E-state index contributed by atoms with van der Waals surface area (Å²) in [6.07, 6.45) is 1.32. The molecule has 0 aromatic rings. The molecule has 0 bridgehead atoms. The molecule has 0 heterocycles. The minimum absolute atomic E-state index is 0. The molecule has 0 aromatic carbocycles. The number of rotatable bonds is 1. The zero-order chi connectivity index (χ0) is 4.28. The largest absolute Gasteiger partial charge is 1.00 e. The second-order valence-electron chi connectivity index (χ2n) is 1.51. The summed E-state index contributed by atoms with van der Waals surface area (Å²) in [7, 11) is 0. The van der Waals surface area contributed by atoms with E-state index in [1.54, 1.807) is 0 Å². The van der Waals surface area contributed by atoms with E-state index in [1.165, 1.54) is 6.42 Å². The Morgan fingerprint density at radius 3 is 1.83 bits per heavy atom. The summed E-state index contributed by atoms with van der Waals surface area (Å²) in [5, 5.41) is 0. The summed E-state index contributed by atoms with van der Waals surface area (Å²) in [6, 6.07) is 0. The molecule has 0 aliphatic rings. The Labute approximate surface area is 69.5 Å². The van der Waals surface area contributed by atoms with Gasteiger partial charge in [-0.1, -0.05) is 0 Å². The van der Waals surface area contributed by atoms with Crippen molar-refractivity contribution in [2.45, 2.75) is 24.3 Å². The molecule has 0 nitrogen and oxygen atoms in total. The van der Waals surface area contributed by atoms with E-state index in [-0.39, 0.29) is 24.0 Å². The first-order chi connectivity index (χ1) is 2.27. The van der Waals surface area contributed by atoms with E-state index in [0.717, 1.165) is 4.05 Å². The zero-order valence-corrected chi connectivity index (χ0v) is 7.94. The van der Waals surface area contributed by atoms with Crippen molar-refractivity contribution in [2.75, 3.05) is 0 Å². The Kier molecular flexibility index (Phi) is 11.3. The van der Waals surface area contributed by atoms with Gasteiger partial charge in [0.25, 0.3) is 0 Å². The third-order valence-electron chi connectivity index (χ3n) is 0.697. The Bertz CT molecular complexity index is 21.5. The third-order valence-corrected chi connectivity index (χ3v) is 1.27. The molecule has 2 heteroatoms. The van der Waals surface area contributed by atoms with Crippen molar-refractivity contribution in [3.05, 3.63) is 0 Å². The average molecular weight is 208 g/mol. The first kappa shape index (κ1) is 10.5. The van der Waals surface area contributed by atoms with Crippen LogP contribution in [0.3, 0.4) is 0 Å². The second-order valence-corrected chi connectivity index (χ2v) is 2.91. The Balaban J connectivity index is 0. The molecule has 0 N–H and O–H groups in total. The molecular weight excluding hydrogens is 199 g/mol. The van der Waals surface area contributed by atoms with Crippen molar-refractivity contribution in [1.82, 2.24) is 0 Å². The van der Waals surface area contributed by atoms with Crippen molar-refractivity contribution in [3.8, 4) is 0 Å². The topological polar surface area (TPSA) is 0 Å². The molecule has 0 radical (unpaired) electrons. The Morgan fingerprint density at radius 2 is 1.83 bits per heavy atom. The molecule has 1 unspecified atom stereocenters. The van der Waals surface area contributed by atoms with Crippen LogP contribution in [-0.4, -0.2) is 21.7 Å². The monoisotopic (exact) mass is 208 g/mol. The molecule has 0 fully saturated rings. The van der Waals surface area contributed by atoms with Crippen LogP contribution in [0.15, 0.2) is 0 Å². The van der Waals surface area contributed by atoms with Crippen molar-refractivity contribution < 1.29 is 24.0 Å². The SMILES string of the molecule is CC[CH](C)[Mg+].[I-]. The average Bonchev–Trinajstić information content (AvgIpc) is 1.38. The fourth-order valence-corrected chi connectivity index (χ4v) is 0. The van der Waals surface area contributed by atoms with E-state index in [1.807, 2.05) is 0 Å². The first-order valence-corrected chi connectivity index (χ1v) is 2.92. The van der Waals surface area contributed by atoms with Crippen LogP contribution in [0.4, 0.5) is 0 Å². The molecule has 1 atom stereocenters. The van der Waals surface area contributed by atoms with Crippen molar-refractivity contribution >= 4 is 21.7 Å². The maximum atomic E-state index is 2.23. The minimum atomic E-state index is 0. The third kappa shape index (κ3) is 9.09. The van der Waals surface area contributed by atoms with Gasteiger partial charge in [-0.25, -0.2) is 0 Å². The molecular formula is C4H9IMg. The molecule has 0 amide bonds. The summed E-state index contributed by atoms with van der Waals surface area (Å²) < 4.78 is 0.912. The second kappa shape index (κ2) is 6.50. The van der Waals surface area contributed by atoms with Crippen LogP contribution < -0.4 is 24.0 Å². The maximum Gasteiger partial charge on any atom is -1.00 e. The van der Waals surface area contributed by atoms with E-state index in [9.17, 15) is 0 Å².